The average Bonchev–Trinajstić information content (AvgIpc) is 2.61. The molecule has 1 amide bonds. The molecule has 17 heavy (non-hydrogen) atoms. The molecule has 0 fully saturated rings. The molecule has 1 N–H and O–H groups in total. The van der Waals surface area contributed by atoms with Crippen LogP contribution >= 0.6 is 0 Å². The summed E-state index contributed by atoms with van der Waals surface area (Å²) in [6, 6.07) is 7.90. The summed E-state index contributed by atoms with van der Waals surface area (Å²) in [5, 5.41) is 8.60. The minimum absolute atomic E-state index is 0.0635. The van der Waals surface area contributed by atoms with E-state index in [1.54, 1.807) is 4.90 Å². The maximum Gasteiger partial charge on any atom is 0.303 e. The van der Waals surface area contributed by atoms with Gasteiger partial charge in [-0.3, -0.25) is 9.59 Å². The molecule has 0 aliphatic carbocycles. The lowest BCUT2D eigenvalue weighted by atomic mass is 10.1. The second-order valence-electron chi connectivity index (χ2n) is 4.34. The van der Waals surface area contributed by atoms with Crippen LogP contribution in [0.3, 0.4) is 0 Å². The Morgan fingerprint density at radius 1 is 1.35 bits per heavy atom. The summed E-state index contributed by atoms with van der Waals surface area (Å²) in [5.74, 6) is -1.04. The first-order valence-corrected chi connectivity index (χ1v) is 5.71. The number of benzene rings is 1. The van der Waals surface area contributed by atoms with Gasteiger partial charge in [0.05, 0.1) is 6.42 Å². The second kappa shape index (κ2) is 4.57. The zero-order chi connectivity index (χ0) is 12.4. The first-order chi connectivity index (χ1) is 8.09. The van der Waals surface area contributed by atoms with Crippen molar-refractivity contribution in [2.24, 2.45) is 0 Å². The van der Waals surface area contributed by atoms with E-state index < -0.39 is 5.97 Å². The zero-order valence-electron chi connectivity index (χ0n) is 9.72. The van der Waals surface area contributed by atoms with Crippen molar-refractivity contribution in [2.45, 2.75) is 32.2 Å². The predicted molar refractivity (Wildman–Crippen MR) is 64.0 cm³/mol. The lowest BCUT2D eigenvalue weighted by molar-refractivity contribution is -0.138. The van der Waals surface area contributed by atoms with Gasteiger partial charge in [0.15, 0.2) is 0 Å². The number of fused-ring (bicyclic) bond motifs is 1. The highest BCUT2D eigenvalue weighted by molar-refractivity contribution is 5.97. The first kappa shape index (κ1) is 11.6. The zero-order valence-corrected chi connectivity index (χ0v) is 9.72. The van der Waals surface area contributed by atoms with E-state index in [2.05, 4.69) is 0 Å². The Morgan fingerprint density at radius 3 is 2.76 bits per heavy atom. The molecule has 1 aliphatic heterocycles. The van der Waals surface area contributed by atoms with Crippen molar-refractivity contribution in [3.05, 3.63) is 29.8 Å². The van der Waals surface area contributed by atoms with Gasteiger partial charge in [0.2, 0.25) is 5.91 Å². The molecule has 0 aromatic heterocycles. The molecule has 4 nitrogen and oxygen atoms in total. The van der Waals surface area contributed by atoms with Gasteiger partial charge >= 0.3 is 5.97 Å². The maximum absolute atomic E-state index is 12.0. The maximum atomic E-state index is 12.0. The number of hydrogen-bond donors (Lipinski definition) is 1. The topological polar surface area (TPSA) is 57.6 Å². The smallest absolute Gasteiger partial charge is 0.303 e. The number of carbonyl (C=O) groups excluding carboxylic acids is 1. The summed E-state index contributed by atoms with van der Waals surface area (Å²) in [7, 11) is 0. The van der Waals surface area contributed by atoms with E-state index in [0.717, 1.165) is 17.7 Å². The van der Waals surface area contributed by atoms with Gasteiger partial charge in [-0.15, -0.1) is 0 Å². The second-order valence-corrected chi connectivity index (χ2v) is 4.34. The van der Waals surface area contributed by atoms with Gasteiger partial charge in [-0.2, -0.15) is 0 Å². The SMILES string of the molecule is CC1Cc2ccccc2N1C(=O)CCC(=O)O. The number of rotatable bonds is 3. The van der Waals surface area contributed by atoms with E-state index in [9.17, 15) is 9.59 Å². The Labute approximate surface area is 99.9 Å². The Balaban J connectivity index is 2.16. The average molecular weight is 233 g/mol. The number of carboxylic acid groups (broad SMARTS) is 1. The van der Waals surface area contributed by atoms with Crippen molar-refractivity contribution in [2.75, 3.05) is 4.90 Å². The van der Waals surface area contributed by atoms with Gasteiger partial charge in [-0.25, -0.2) is 0 Å². The van der Waals surface area contributed by atoms with Crippen LogP contribution in [0.4, 0.5) is 5.69 Å². The predicted octanol–water partition coefficient (Wildman–Crippen LogP) is 1.83. The summed E-state index contributed by atoms with van der Waals surface area (Å²) >= 11 is 0. The Kier molecular flexibility index (Phi) is 3.13. The van der Waals surface area contributed by atoms with Crippen LogP contribution in [-0.2, 0) is 16.0 Å². The molecule has 1 unspecified atom stereocenters. The number of carbonyl (C=O) groups is 2. The van der Waals surface area contributed by atoms with Crippen LogP contribution in [0.25, 0.3) is 0 Å². The first-order valence-electron chi connectivity index (χ1n) is 5.71. The summed E-state index contributed by atoms with van der Waals surface area (Å²) < 4.78 is 0. The van der Waals surface area contributed by atoms with Gasteiger partial charge in [-0.05, 0) is 25.0 Å². The quantitative estimate of drug-likeness (QED) is 0.866. The number of aliphatic carboxylic acids is 1. The third-order valence-corrected chi connectivity index (χ3v) is 3.03. The number of nitrogens with zero attached hydrogens (tertiary/aromatic N) is 1. The summed E-state index contributed by atoms with van der Waals surface area (Å²) in [6.07, 6.45) is 0.799. The monoisotopic (exact) mass is 233 g/mol. The van der Waals surface area contributed by atoms with Gasteiger partial charge in [-0.1, -0.05) is 18.2 Å². The number of amides is 1. The molecule has 90 valence electrons. The van der Waals surface area contributed by atoms with E-state index in [-0.39, 0.29) is 24.8 Å². The molecule has 1 atom stereocenters. The molecule has 0 spiro atoms. The van der Waals surface area contributed by atoms with Crippen LogP contribution < -0.4 is 4.90 Å². The molecule has 0 saturated carbocycles. The standard InChI is InChI=1S/C13H15NO3/c1-9-8-10-4-2-3-5-11(10)14(9)12(15)6-7-13(16)17/h2-5,9H,6-8H2,1H3,(H,16,17). The van der Waals surface area contributed by atoms with Crippen LogP contribution in [-0.4, -0.2) is 23.0 Å². The van der Waals surface area contributed by atoms with Crippen molar-refractivity contribution in [3.63, 3.8) is 0 Å². The molecule has 0 bridgehead atoms. The van der Waals surface area contributed by atoms with Crippen LogP contribution in [0, 0.1) is 0 Å². The van der Waals surface area contributed by atoms with Crippen molar-refractivity contribution >= 4 is 17.6 Å². The van der Waals surface area contributed by atoms with Gasteiger partial charge in [0, 0.05) is 18.2 Å². The summed E-state index contributed by atoms with van der Waals surface area (Å²) in [6.45, 7) is 1.98. The number of anilines is 1. The summed E-state index contributed by atoms with van der Waals surface area (Å²) in [5.41, 5.74) is 2.08. The minimum atomic E-state index is -0.932. The number of carboxylic acids is 1. The van der Waals surface area contributed by atoms with E-state index in [1.165, 1.54) is 0 Å². The highest BCUT2D eigenvalue weighted by atomic mass is 16.4. The van der Waals surface area contributed by atoms with Crippen molar-refractivity contribution < 1.29 is 14.7 Å². The summed E-state index contributed by atoms with van der Waals surface area (Å²) in [4.78, 5) is 24.2. The largest absolute Gasteiger partial charge is 0.481 e. The molecule has 2 rings (SSSR count). The number of para-hydroxylation sites is 1. The van der Waals surface area contributed by atoms with Crippen molar-refractivity contribution in [1.29, 1.82) is 0 Å². The van der Waals surface area contributed by atoms with Gasteiger partial charge in [0.1, 0.15) is 0 Å². The fourth-order valence-corrected chi connectivity index (χ4v) is 2.28. The lowest BCUT2D eigenvalue weighted by Gasteiger charge is -2.22. The third-order valence-electron chi connectivity index (χ3n) is 3.03. The highest BCUT2D eigenvalue weighted by Crippen LogP contribution is 2.32. The molecule has 0 radical (unpaired) electrons. The molecular weight excluding hydrogens is 218 g/mol. The van der Waals surface area contributed by atoms with Crippen LogP contribution in [0.5, 0.6) is 0 Å². The fourth-order valence-electron chi connectivity index (χ4n) is 2.28. The molecule has 1 aromatic rings. The van der Waals surface area contributed by atoms with Crippen LogP contribution in [0.15, 0.2) is 24.3 Å². The molecular formula is C13H15NO3. The van der Waals surface area contributed by atoms with E-state index in [4.69, 9.17) is 5.11 Å². The number of hydrogen-bond acceptors (Lipinski definition) is 2. The van der Waals surface area contributed by atoms with E-state index in [1.807, 2.05) is 31.2 Å². The van der Waals surface area contributed by atoms with E-state index in [0.29, 0.717) is 0 Å². The lowest BCUT2D eigenvalue weighted by Crippen LogP contribution is -2.35. The Hall–Kier alpha value is -1.84. The normalized spacial score (nSPS) is 17.9. The fraction of sp³-hybridized carbons (Fsp3) is 0.385. The molecule has 1 aromatic carbocycles. The third kappa shape index (κ3) is 2.30. The minimum Gasteiger partial charge on any atom is -0.481 e. The van der Waals surface area contributed by atoms with Crippen LogP contribution in [0.2, 0.25) is 0 Å². The molecule has 4 heteroatoms. The Morgan fingerprint density at radius 2 is 2.06 bits per heavy atom. The molecule has 1 aliphatic rings. The van der Waals surface area contributed by atoms with Gasteiger partial charge < -0.3 is 10.0 Å². The van der Waals surface area contributed by atoms with E-state index >= 15 is 0 Å². The van der Waals surface area contributed by atoms with Crippen molar-refractivity contribution in [3.8, 4) is 0 Å². The van der Waals surface area contributed by atoms with Crippen molar-refractivity contribution in [1.82, 2.24) is 0 Å². The molecule has 0 saturated heterocycles. The molecule has 1 heterocycles. The van der Waals surface area contributed by atoms with Gasteiger partial charge in [0.25, 0.3) is 0 Å². The Bertz CT molecular complexity index is 456. The highest BCUT2D eigenvalue weighted by Gasteiger charge is 2.30. The van der Waals surface area contributed by atoms with Crippen LogP contribution in [0.1, 0.15) is 25.3 Å².